The van der Waals surface area contributed by atoms with E-state index in [4.69, 9.17) is 5.10 Å². The summed E-state index contributed by atoms with van der Waals surface area (Å²) in [5.74, 6) is -0.0707. The number of aromatic nitrogens is 4. The Bertz CT molecular complexity index is 833. The average Bonchev–Trinajstić information content (AvgIpc) is 3.33. The molecule has 4 rings (SSSR count). The van der Waals surface area contributed by atoms with E-state index in [1.807, 2.05) is 30.3 Å². The quantitative estimate of drug-likeness (QED) is 0.688. The van der Waals surface area contributed by atoms with Crippen molar-refractivity contribution in [3.05, 3.63) is 66.4 Å². The maximum Gasteiger partial charge on any atom is 0.196 e. The van der Waals surface area contributed by atoms with Gasteiger partial charge < -0.3 is 0 Å². The van der Waals surface area contributed by atoms with Gasteiger partial charge in [0.15, 0.2) is 5.78 Å². The van der Waals surface area contributed by atoms with Crippen molar-refractivity contribution < 1.29 is 4.79 Å². The third kappa shape index (κ3) is 2.85. The van der Waals surface area contributed by atoms with Crippen LogP contribution in [0.4, 0.5) is 0 Å². The summed E-state index contributed by atoms with van der Waals surface area (Å²) in [7, 11) is 0. The van der Waals surface area contributed by atoms with E-state index >= 15 is 0 Å². The first-order valence-corrected chi connectivity index (χ1v) is 8.26. The fraction of sp³-hybridized carbons (Fsp3) is 0.263. The molecule has 0 atom stereocenters. The predicted octanol–water partition coefficient (Wildman–Crippen LogP) is 3.69. The third-order valence-electron chi connectivity index (χ3n) is 4.57. The minimum Gasteiger partial charge on any atom is -0.288 e. The predicted molar refractivity (Wildman–Crippen MR) is 90.6 cm³/mol. The number of hydrogen-bond acceptors (Lipinski definition) is 4. The van der Waals surface area contributed by atoms with Gasteiger partial charge in [-0.1, -0.05) is 37.1 Å². The van der Waals surface area contributed by atoms with Gasteiger partial charge in [-0.2, -0.15) is 5.10 Å². The second kappa shape index (κ2) is 6.35. The monoisotopic (exact) mass is 318 g/mol. The summed E-state index contributed by atoms with van der Waals surface area (Å²) >= 11 is 0. The Hall–Kier alpha value is -2.82. The first-order chi connectivity index (χ1) is 11.8. The number of carbonyl (C=O) groups is 1. The maximum absolute atomic E-state index is 12.4. The molecule has 2 aromatic heterocycles. The van der Waals surface area contributed by atoms with Crippen molar-refractivity contribution in [1.29, 1.82) is 0 Å². The number of rotatable bonds is 4. The van der Waals surface area contributed by atoms with Gasteiger partial charge in [0.2, 0.25) is 0 Å². The van der Waals surface area contributed by atoms with Crippen molar-refractivity contribution in [2.75, 3.05) is 0 Å². The van der Waals surface area contributed by atoms with Crippen LogP contribution in [-0.4, -0.2) is 25.5 Å². The topological polar surface area (TPSA) is 60.7 Å². The van der Waals surface area contributed by atoms with Crippen molar-refractivity contribution in [3.63, 3.8) is 0 Å². The molecule has 1 aromatic carbocycles. The van der Waals surface area contributed by atoms with E-state index in [1.54, 1.807) is 0 Å². The van der Waals surface area contributed by atoms with Crippen LogP contribution < -0.4 is 0 Å². The Balaban J connectivity index is 1.54. The average molecular weight is 318 g/mol. The molecule has 1 aliphatic rings. The van der Waals surface area contributed by atoms with Crippen molar-refractivity contribution >= 4 is 5.78 Å². The lowest BCUT2D eigenvalue weighted by Crippen LogP contribution is -2.05. The van der Waals surface area contributed by atoms with Gasteiger partial charge in [-0.3, -0.25) is 9.48 Å². The van der Waals surface area contributed by atoms with Gasteiger partial charge in [0.05, 0.1) is 17.3 Å². The Morgan fingerprint density at radius 3 is 2.38 bits per heavy atom. The normalized spacial score (nSPS) is 14.8. The van der Waals surface area contributed by atoms with Crippen LogP contribution >= 0.6 is 0 Å². The standard InChI is InChI=1S/C19H18N4O/c24-19(16-11-20-13-21-12-16)15-7-5-14(6-8-15)18-9-10-23(22-18)17-3-1-2-4-17/h5-13,17H,1-4H2. The number of hydrogen-bond donors (Lipinski definition) is 0. The SMILES string of the molecule is O=C(c1ccc(-c2ccn(C3CCCC3)n2)cc1)c1cncnc1. The molecular weight excluding hydrogens is 300 g/mol. The van der Waals surface area contributed by atoms with E-state index in [-0.39, 0.29) is 5.78 Å². The summed E-state index contributed by atoms with van der Waals surface area (Å²) in [6.45, 7) is 0. The van der Waals surface area contributed by atoms with Gasteiger partial charge in [-0.05, 0) is 18.9 Å². The molecule has 120 valence electrons. The highest BCUT2D eigenvalue weighted by molar-refractivity contribution is 6.08. The van der Waals surface area contributed by atoms with Crippen LogP contribution in [0, 0.1) is 0 Å². The summed E-state index contributed by atoms with van der Waals surface area (Å²) in [6, 6.07) is 10.1. The lowest BCUT2D eigenvalue weighted by atomic mass is 10.0. The third-order valence-corrected chi connectivity index (χ3v) is 4.57. The van der Waals surface area contributed by atoms with E-state index in [9.17, 15) is 4.79 Å². The lowest BCUT2D eigenvalue weighted by molar-refractivity contribution is 0.103. The number of carbonyl (C=O) groups excluding carboxylic acids is 1. The second-order valence-electron chi connectivity index (χ2n) is 6.15. The van der Waals surface area contributed by atoms with Gasteiger partial charge >= 0.3 is 0 Å². The Morgan fingerprint density at radius 2 is 1.67 bits per heavy atom. The van der Waals surface area contributed by atoms with Crippen LogP contribution in [0.15, 0.2) is 55.2 Å². The fourth-order valence-corrected chi connectivity index (χ4v) is 3.24. The minimum absolute atomic E-state index is 0.0707. The molecule has 1 saturated carbocycles. The highest BCUT2D eigenvalue weighted by Gasteiger charge is 2.18. The first-order valence-electron chi connectivity index (χ1n) is 8.26. The molecule has 2 heterocycles. The molecule has 0 N–H and O–H groups in total. The van der Waals surface area contributed by atoms with Crippen LogP contribution in [-0.2, 0) is 0 Å². The molecule has 5 nitrogen and oxygen atoms in total. The molecule has 0 radical (unpaired) electrons. The zero-order valence-corrected chi connectivity index (χ0v) is 13.3. The van der Waals surface area contributed by atoms with Gasteiger partial charge in [0.1, 0.15) is 6.33 Å². The molecule has 0 saturated heterocycles. The fourth-order valence-electron chi connectivity index (χ4n) is 3.24. The molecular formula is C19H18N4O. The van der Waals surface area contributed by atoms with E-state index < -0.39 is 0 Å². The van der Waals surface area contributed by atoms with Gasteiger partial charge in [-0.15, -0.1) is 0 Å². The second-order valence-corrected chi connectivity index (χ2v) is 6.15. The largest absolute Gasteiger partial charge is 0.288 e. The maximum atomic E-state index is 12.4. The van der Waals surface area contributed by atoms with Gasteiger partial charge in [-0.25, -0.2) is 9.97 Å². The number of ketones is 1. The summed E-state index contributed by atoms with van der Waals surface area (Å²) < 4.78 is 2.09. The van der Waals surface area contributed by atoms with Crippen LogP contribution in [0.1, 0.15) is 47.6 Å². The van der Waals surface area contributed by atoms with Crippen molar-refractivity contribution in [1.82, 2.24) is 19.7 Å². The zero-order valence-electron chi connectivity index (χ0n) is 13.3. The van der Waals surface area contributed by atoms with Gasteiger partial charge in [0, 0.05) is 29.7 Å². The molecule has 0 unspecified atom stereocenters. The summed E-state index contributed by atoms with van der Waals surface area (Å²) in [5, 5.41) is 4.71. The first kappa shape index (κ1) is 14.8. The van der Waals surface area contributed by atoms with E-state index in [0.717, 1.165) is 11.3 Å². The molecule has 1 fully saturated rings. The van der Waals surface area contributed by atoms with Crippen LogP contribution in [0.2, 0.25) is 0 Å². The van der Waals surface area contributed by atoms with Crippen molar-refractivity contribution in [2.45, 2.75) is 31.7 Å². The van der Waals surface area contributed by atoms with Gasteiger partial charge in [0.25, 0.3) is 0 Å². The van der Waals surface area contributed by atoms with E-state index in [1.165, 1.54) is 44.4 Å². The molecule has 0 bridgehead atoms. The Kier molecular flexibility index (Phi) is 3.91. The minimum atomic E-state index is -0.0707. The lowest BCUT2D eigenvalue weighted by Gasteiger charge is -2.08. The summed E-state index contributed by atoms with van der Waals surface area (Å²) in [4.78, 5) is 20.2. The highest BCUT2D eigenvalue weighted by Crippen LogP contribution is 2.30. The molecule has 0 amide bonds. The highest BCUT2D eigenvalue weighted by atomic mass is 16.1. The molecule has 24 heavy (non-hydrogen) atoms. The molecule has 0 spiro atoms. The van der Waals surface area contributed by atoms with Crippen molar-refractivity contribution in [2.24, 2.45) is 0 Å². The summed E-state index contributed by atoms with van der Waals surface area (Å²) in [5.41, 5.74) is 3.09. The zero-order chi connectivity index (χ0) is 16.4. The van der Waals surface area contributed by atoms with Crippen LogP contribution in [0.5, 0.6) is 0 Å². The van der Waals surface area contributed by atoms with E-state index in [0.29, 0.717) is 17.2 Å². The number of nitrogens with zero attached hydrogens (tertiary/aromatic N) is 4. The molecule has 5 heteroatoms. The molecule has 3 aromatic rings. The van der Waals surface area contributed by atoms with Crippen molar-refractivity contribution in [3.8, 4) is 11.3 Å². The van der Waals surface area contributed by atoms with Crippen LogP contribution in [0.25, 0.3) is 11.3 Å². The Morgan fingerprint density at radius 1 is 0.958 bits per heavy atom. The molecule has 1 aliphatic carbocycles. The van der Waals surface area contributed by atoms with Crippen LogP contribution in [0.3, 0.4) is 0 Å². The smallest absolute Gasteiger partial charge is 0.196 e. The van der Waals surface area contributed by atoms with E-state index in [2.05, 4.69) is 20.8 Å². The summed E-state index contributed by atoms with van der Waals surface area (Å²) in [6.07, 6.45) is 11.6. The Labute approximate surface area is 140 Å². The molecule has 0 aliphatic heterocycles. The number of benzene rings is 1.